The van der Waals surface area contributed by atoms with Gasteiger partial charge in [0.2, 0.25) is 0 Å². The zero-order valence-corrected chi connectivity index (χ0v) is 22.5. The van der Waals surface area contributed by atoms with Crippen molar-refractivity contribution in [2.24, 2.45) is 0 Å². The van der Waals surface area contributed by atoms with Crippen molar-refractivity contribution in [2.75, 3.05) is 40.4 Å². The van der Waals surface area contributed by atoms with Gasteiger partial charge in [0.1, 0.15) is 6.04 Å². The Morgan fingerprint density at radius 3 is 2.41 bits per heavy atom. The van der Waals surface area contributed by atoms with Crippen LogP contribution in [0.15, 0.2) is 53.3 Å². The molecule has 3 heterocycles. The number of hydrogen-bond acceptors (Lipinski definition) is 8. The fourth-order valence-corrected chi connectivity index (χ4v) is 6.06. The Kier molecular flexibility index (Phi) is 7.30. The highest BCUT2D eigenvalue weighted by Crippen LogP contribution is 2.36. The lowest BCUT2D eigenvalue weighted by Gasteiger charge is -2.39. The molecule has 10 heteroatoms. The first-order valence-corrected chi connectivity index (χ1v) is 13.7. The smallest absolute Gasteiger partial charge is 0.253 e. The highest BCUT2D eigenvalue weighted by molar-refractivity contribution is 5.83. The Balaban J connectivity index is 1.37. The molecule has 2 aromatic heterocycles. The van der Waals surface area contributed by atoms with E-state index < -0.39 is 0 Å². The first-order valence-electron chi connectivity index (χ1n) is 13.7. The average Bonchev–Trinajstić information content (AvgIpc) is 3.67. The van der Waals surface area contributed by atoms with Gasteiger partial charge < -0.3 is 14.5 Å². The summed E-state index contributed by atoms with van der Waals surface area (Å²) < 4.78 is 13.0. The zero-order valence-electron chi connectivity index (χ0n) is 22.5. The topological polar surface area (TPSA) is 101 Å². The van der Waals surface area contributed by atoms with E-state index in [1.165, 1.54) is 18.4 Å². The molecule has 4 aromatic rings. The van der Waals surface area contributed by atoms with E-state index in [9.17, 15) is 4.79 Å². The van der Waals surface area contributed by atoms with Crippen molar-refractivity contribution in [3.8, 4) is 11.5 Å². The van der Waals surface area contributed by atoms with Crippen LogP contribution in [0, 0.1) is 0 Å². The van der Waals surface area contributed by atoms with Gasteiger partial charge >= 0.3 is 0 Å². The summed E-state index contributed by atoms with van der Waals surface area (Å²) in [5.41, 5.74) is 2.50. The van der Waals surface area contributed by atoms with Crippen LogP contribution < -0.4 is 15.0 Å². The predicted molar refractivity (Wildman–Crippen MR) is 148 cm³/mol. The highest BCUT2D eigenvalue weighted by atomic mass is 16.5. The van der Waals surface area contributed by atoms with Crippen molar-refractivity contribution in [1.82, 2.24) is 35.0 Å². The monoisotopic (exact) mass is 529 g/mol. The van der Waals surface area contributed by atoms with E-state index in [4.69, 9.17) is 9.47 Å². The maximum absolute atomic E-state index is 13.7. The number of nitrogens with zero attached hydrogens (tertiary/aromatic N) is 6. The molecular formula is C29H35N7O3. The third-order valence-electron chi connectivity index (χ3n) is 8.13. The molecule has 0 bridgehead atoms. The number of benzene rings is 2. The van der Waals surface area contributed by atoms with Gasteiger partial charge in [0.15, 0.2) is 17.3 Å². The highest BCUT2D eigenvalue weighted by Gasteiger charge is 2.34. The second-order valence-corrected chi connectivity index (χ2v) is 10.5. The average molecular weight is 530 g/mol. The van der Waals surface area contributed by atoms with Crippen molar-refractivity contribution < 1.29 is 9.47 Å². The number of aromatic nitrogens is 5. The van der Waals surface area contributed by atoms with Crippen LogP contribution in [0.4, 0.5) is 0 Å². The minimum atomic E-state index is -0.360. The van der Waals surface area contributed by atoms with Crippen molar-refractivity contribution >= 4 is 10.9 Å². The Morgan fingerprint density at radius 2 is 1.69 bits per heavy atom. The largest absolute Gasteiger partial charge is 0.493 e. The molecule has 10 nitrogen and oxygen atoms in total. The van der Waals surface area contributed by atoms with Gasteiger partial charge in [0.25, 0.3) is 5.56 Å². The van der Waals surface area contributed by atoms with E-state index in [1.807, 2.05) is 22.9 Å². The van der Waals surface area contributed by atoms with E-state index in [1.54, 1.807) is 20.3 Å². The molecule has 1 N–H and O–H groups in total. The number of fused-ring (bicyclic) bond motifs is 1. The summed E-state index contributed by atoms with van der Waals surface area (Å²) in [6, 6.07) is 16.1. The third-order valence-corrected chi connectivity index (χ3v) is 8.13. The van der Waals surface area contributed by atoms with E-state index in [2.05, 4.69) is 54.6 Å². The Labute approximate surface area is 227 Å². The van der Waals surface area contributed by atoms with Gasteiger partial charge in [-0.3, -0.25) is 14.6 Å². The number of hydrogen-bond donors (Lipinski definition) is 1. The van der Waals surface area contributed by atoms with Crippen molar-refractivity contribution in [3.05, 3.63) is 75.8 Å². The molecule has 1 aliphatic heterocycles. The second-order valence-electron chi connectivity index (χ2n) is 10.5. The minimum Gasteiger partial charge on any atom is -0.493 e. The lowest BCUT2D eigenvalue weighted by Crippen LogP contribution is -2.48. The van der Waals surface area contributed by atoms with Crippen molar-refractivity contribution in [1.29, 1.82) is 0 Å². The van der Waals surface area contributed by atoms with Crippen LogP contribution in [0.25, 0.3) is 10.9 Å². The fraction of sp³-hybridized carbons (Fsp3) is 0.448. The van der Waals surface area contributed by atoms with Crippen LogP contribution >= 0.6 is 0 Å². The molecule has 1 saturated heterocycles. The van der Waals surface area contributed by atoms with Gasteiger partial charge in [0, 0.05) is 49.7 Å². The van der Waals surface area contributed by atoms with E-state index in [0.717, 1.165) is 56.8 Å². The molecule has 1 aliphatic carbocycles. The number of methoxy groups -OCH3 is 2. The zero-order chi connectivity index (χ0) is 26.8. The molecule has 2 fully saturated rings. The summed E-state index contributed by atoms with van der Waals surface area (Å²) in [6.45, 7) is 4.31. The van der Waals surface area contributed by atoms with Gasteiger partial charge in [-0.1, -0.05) is 43.2 Å². The van der Waals surface area contributed by atoms with Crippen LogP contribution in [0.2, 0.25) is 0 Å². The molecule has 1 atom stereocenters. The molecule has 1 saturated carbocycles. The summed E-state index contributed by atoms with van der Waals surface area (Å²) in [5.74, 6) is 1.93. The minimum absolute atomic E-state index is 0.146. The summed E-state index contributed by atoms with van der Waals surface area (Å²) in [7, 11) is 3.20. The lowest BCUT2D eigenvalue weighted by molar-refractivity contribution is 0.0989. The standard InChI is InChI=1S/C29H35N7O3/c1-38-25-17-21-16-23(29(37)30-24(21)18-26(25)39-2)27(28-31-32-33-36(28)22-10-6-7-11-22)35-14-12-34(13-15-35)19-20-8-4-3-5-9-20/h3-5,8-9,16-18,22,27H,6-7,10-15,19H2,1-2H3,(H,30,37)/t27-/m1/s1. The SMILES string of the molecule is COc1cc2cc([C@H](c3nnnn3C3CCCC3)N3CCN(Cc4ccccc4)CC3)c(=O)[nH]c2cc1OC. The molecule has 39 heavy (non-hydrogen) atoms. The summed E-state index contributed by atoms with van der Waals surface area (Å²) >= 11 is 0. The number of pyridine rings is 1. The maximum Gasteiger partial charge on any atom is 0.253 e. The van der Waals surface area contributed by atoms with Crippen LogP contribution in [0.5, 0.6) is 11.5 Å². The number of rotatable bonds is 8. The molecule has 6 rings (SSSR count). The summed E-state index contributed by atoms with van der Waals surface area (Å²) in [4.78, 5) is 21.6. The van der Waals surface area contributed by atoms with Gasteiger partial charge in [0.05, 0.1) is 25.8 Å². The fourth-order valence-electron chi connectivity index (χ4n) is 6.06. The molecular weight excluding hydrogens is 494 g/mol. The first kappa shape index (κ1) is 25.5. The summed E-state index contributed by atoms with van der Waals surface area (Å²) in [5, 5.41) is 13.9. The Morgan fingerprint density at radius 1 is 0.974 bits per heavy atom. The Bertz CT molecular complexity index is 1470. The van der Waals surface area contributed by atoms with Gasteiger partial charge in [-0.2, -0.15) is 0 Å². The number of tetrazole rings is 1. The van der Waals surface area contributed by atoms with Crippen LogP contribution in [-0.2, 0) is 6.54 Å². The third kappa shape index (κ3) is 5.14. The number of piperazine rings is 1. The number of H-pyrrole nitrogens is 1. The van der Waals surface area contributed by atoms with Crippen molar-refractivity contribution in [2.45, 2.75) is 44.3 Å². The van der Waals surface area contributed by atoms with E-state index in [0.29, 0.717) is 22.6 Å². The van der Waals surface area contributed by atoms with E-state index >= 15 is 0 Å². The van der Waals surface area contributed by atoms with Gasteiger partial charge in [-0.15, -0.1) is 5.10 Å². The van der Waals surface area contributed by atoms with Gasteiger partial charge in [-0.25, -0.2) is 4.68 Å². The maximum atomic E-state index is 13.7. The lowest BCUT2D eigenvalue weighted by atomic mass is 10.0. The van der Waals surface area contributed by atoms with Gasteiger partial charge in [-0.05, 0) is 41.0 Å². The molecule has 0 radical (unpaired) electrons. The molecule has 0 amide bonds. The number of aromatic amines is 1. The summed E-state index contributed by atoms with van der Waals surface area (Å²) in [6.07, 6.45) is 4.46. The second kappa shape index (κ2) is 11.2. The normalized spacial score (nSPS) is 18.0. The molecule has 0 unspecified atom stereocenters. The molecule has 2 aromatic carbocycles. The Hall–Kier alpha value is -3.76. The number of nitrogens with one attached hydrogen (secondary N) is 1. The van der Waals surface area contributed by atoms with Crippen LogP contribution in [-0.4, -0.2) is 75.4 Å². The molecule has 204 valence electrons. The predicted octanol–water partition coefficient (Wildman–Crippen LogP) is 3.55. The quantitative estimate of drug-likeness (QED) is 0.370. The molecule has 2 aliphatic rings. The number of ether oxygens (including phenoxy) is 2. The van der Waals surface area contributed by atoms with Crippen LogP contribution in [0.1, 0.15) is 54.7 Å². The van der Waals surface area contributed by atoms with E-state index in [-0.39, 0.29) is 17.6 Å². The first-order chi connectivity index (χ1) is 19.1. The molecule has 0 spiro atoms. The van der Waals surface area contributed by atoms with Crippen LogP contribution in [0.3, 0.4) is 0 Å². The van der Waals surface area contributed by atoms with Crippen molar-refractivity contribution in [3.63, 3.8) is 0 Å².